The van der Waals surface area contributed by atoms with Crippen molar-refractivity contribution in [2.75, 3.05) is 18.4 Å². The summed E-state index contributed by atoms with van der Waals surface area (Å²) in [5.74, 6) is 0.825. The molecule has 0 radical (unpaired) electrons. The Labute approximate surface area is 170 Å². The van der Waals surface area contributed by atoms with Gasteiger partial charge in [-0.2, -0.15) is 4.98 Å². The monoisotopic (exact) mass is 399 g/mol. The number of aromatic nitrogens is 2. The molecule has 1 aliphatic heterocycles. The number of nitrogens with one attached hydrogen (secondary N) is 1. The Morgan fingerprint density at radius 3 is 2.79 bits per heavy atom. The third-order valence-corrected chi connectivity index (χ3v) is 5.10. The lowest BCUT2D eigenvalue weighted by atomic mass is 9.97. The van der Waals surface area contributed by atoms with E-state index in [1.165, 1.54) is 0 Å². The van der Waals surface area contributed by atoms with E-state index in [2.05, 4.69) is 27.3 Å². The summed E-state index contributed by atoms with van der Waals surface area (Å²) in [6, 6.07) is 7.79. The summed E-state index contributed by atoms with van der Waals surface area (Å²) in [6.07, 6.45) is 4.32. The molecule has 1 fully saturated rings. The van der Waals surface area contributed by atoms with Crippen LogP contribution in [0.5, 0.6) is 0 Å². The maximum atomic E-state index is 12.2. The molecule has 2 heterocycles. The predicted molar refractivity (Wildman–Crippen MR) is 109 cm³/mol. The van der Waals surface area contributed by atoms with Crippen LogP contribution in [0.1, 0.15) is 49.9 Å². The molecule has 8 heteroatoms. The number of anilines is 1. The Morgan fingerprint density at radius 1 is 1.28 bits per heavy atom. The van der Waals surface area contributed by atoms with Gasteiger partial charge in [-0.25, -0.2) is 0 Å². The lowest BCUT2D eigenvalue weighted by molar-refractivity contribution is -0.123. The van der Waals surface area contributed by atoms with Crippen molar-refractivity contribution in [3.05, 3.63) is 41.5 Å². The minimum Gasteiger partial charge on any atom is -0.369 e. The average molecular weight is 399 g/mol. The van der Waals surface area contributed by atoms with Crippen molar-refractivity contribution >= 4 is 17.5 Å². The minimum atomic E-state index is -0.213. The van der Waals surface area contributed by atoms with Crippen molar-refractivity contribution in [3.8, 4) is 0 Å². The zero-order valence-electron chi connectivity index (χ0n) is 16.9. The fourth-order valence-electron chi connectivity index (χ4n) is 3.54. The maximum Gasteiger partial charge on any atom is 0.227 e. The molecule has 156 valence electrons. The number of likely N-dealkylation sites (tertiary alicyclic amines) is 1. The second kappa shape index (κ2) is 10.2. The molecule has 2 aromatic rings. The number of hydrogen-bond donors (Lipinski definition) is 2. The van der Waals surface area contributed by atoms with E-state index in [1.807, 2.05) is 24.3 Å². The summed E-state index contributed by atoms with van der Waals surface area (Å²) >= 11 is 0. The standard InChI is InChI=1S/C21H29N5O3/c1-2-4-18-24-20(29-25-18)11-10-19(27)23-17-8-6-15(7-9-17)13-26-12-3-5-16(14-26)21(22)28/h6-9,16H,2-5,10-14H2,1H3,(H2,22,28)(H,23,27). The van der Waals surface area contributed by atoms with Gasteiger partial charge in [0.1, 0.15) is 0 Å². The average Bonchev–Trinajstić information content (AvgIpc) is 3.16. The predicted octanol–water partition coefficient (Wildman–Crippen LogP) is 2.29. The highest BCUT2D eigenvalue weighted by atomic mass is 16.5. The molecule has 8 nitrogen and oxygen atoms in total. The number of rotatable bonds is 9. The molecule has 2 amide bonds. The summed E-state index contributed by atoms with van der Waals surface area (Å²) in [4.78, 5) is 30.1. The third kappa shape index (κ3) is 6.39. The molecule has 1 aromatic carbocycles. The first-order valence-corrected chi connectivity index (χ1v) is 10.3. The Bertz CT molecular complexity index is 818. The molecule has 1 aromatic heterocycles. The van der Waals surface area contributed by atoms with Crippen LogP contribution < -0.4 is 11.1 Å². The van der Waals surface area contributed by atoms with Gasteiger partial charge in [0.15, 0.2) is 5.82 Å². The highest BCUT2D eigenvalue weighted by Gasteiger charge is 2.23. The van der Waals surface area contributed by atoms with Gasteiger partial charge in [-0.05, 0) is 43.5 Å². The van der Waals surface area contributed by atoms with Gasteiger partial charge in [0, 0.05) is 38.0 Å². The van der Waals surface area contributed by atoms with Crippen molar-refractivity contribution in [2.45, 2.75) is 52.0 Å². The molecule has 3 N–H and O–H groups in total. The van der Waals surface area contributed by atoms with Gasteiger partial charge >= 0.3 is 0 Å². The van der Waals surface area contributed by atoms with E-state index in [0.717, 1.165) is 50.0 Å². The summed E-state index contributed by atoms with van der Waals surface area (Å²) in [5, 5.41) is 6.79. The number of hydrogen-bond acceptors (Lipinski definition) is 6. The Hall–Kier alpha value is -2.74. The van der Waals surface area contributed by atoms with Crippen LogP contribution >= 0.6 is 0 Å². The van der Waals surface area contributed by atoms with Gasteiger partial charge in [0.05, 0.1) is 5.92 Å². The zero-order valence-corrected chi connectivity index (χ0v) is 16.9. The van der Waals surface area contributed by atoms with E-state index in [-0.39, 0.29) is 24.2 Å². The molecule has 0 saturated carbocycles. The van der Waals surface area contributed by atoms with Crippen LogP contribution in [0.15, 0.2) is 28.8 Å². The minimum absolute atomic E-state index is 0.0563. The third-order valence-electron chi connectivity index (χ3n) is 5.10. The molecule has 0 aliphatic carbocycles. The molecule has 1 atom stereocenters. The number of nitrogens with zero attached hydrogens (tertiary/aromatic N) is 3. The summed E-state index contributed by atoms with van der Waals surface area (Å²) in [6.45, 7) is 4.51. The van der Waals surface area contributed by atoms with Crippen molar-refractivity contribution in [2.24, 2.45) is 11.7 Å². The van der Waals surface area contributed by atoms with Gasteiger partial charge in [-0.1, -0.05) is 24.2 Å². The SMILES string of the molecule is CCCc1noc(CCC(=O)Nc2ccc(CN3CCCC(C(N)=O)C3)cc2)n1. The topological polar surface area (TPSA) is 114 Å². The van der Waals surface area contributed by atoms with Gasteiger partial charge in [0.2, 0.25) is 17.7 Å². The number of primary amides is 1. The number of nitrogens with two attached hydrogens (primary N) is 1. The van der Waals surface area contributed by atoms with Crippen LogP contribution in [-0.4, -0.2) is 39.9 Å². The fourth-order valence-corrected chi connectivity index (χ4v) is 3.54. The molecule has 0 spiro atoms. The largest absolute Gasteiger partial charge is 0.369 e. The van der Waals surface area contributed by atoms with Crippen molar-refractivity contribution in [1.82, 2.24) is 15.0 Å². The molecule has 1 aliphatic rings. The highest BCUT2D eigenvalue weighted by Crippen LogP contribution is 2.19. The zero-order chi connectivity index (χ0) is 20.6. The van der Waals surface area contributed by atoms with Crippen LogP contribution in [0.3, 0.4) is 0 Å². The lowest BCUT2D eigenvalue weighted by Gasteiger charge is -2.31. The second-order valence-electron chi connectivity index (χ2n) is 7.58. The molecular weight excluding hydrogens is 370 g/mol. The number of benzene rings is 1. The molecular formula is C21H29N5O3. The summed E-state index contributed by atoms with van der Waals surface area (Å²) < 4.78 is 5.15. The van der Waals surface area contributed by atoms with Crippen LogP contribution in [0.4, 0.5) is 5.69 Å². The first-order valence-electron chi connectivity index (χ1n) is 10.3. The van der Waals surface area contributed by atoms with Crippen LogP contribution in [-0.2, 0) is 29.0 Å². The van der Waals surface area contributed by atoms with E-state index in [4.69, 9.17) is 10.3 Å². The highest BCUT2D eigenvalue weighted by molar-refractivity contribution is 5.90. The van der Waals surface area contributed by atoms with Gasteiger partial charge in [-0.3, -0.25) is 14.5 Å². The fraction of sp³-hybridized carbons (Fsp3) is 0.524. The van der Waals surface area contributed by atoms with E-state index >= 15 is 0 Å². The van der Waals surface area contributed by atoms with Crippen LogP contribution in [0, 0.1) is 5.92 Å². The van der Waals surface area contributed by atoms with E-state index in [9.17, 15) is 9.59 Å². The first kappa shape index (κ1) is 21.0. The number of piperidine rings is 1. The molecule has 29 heavy (non-hydrogen) atoms. The Morgan fingerprint density at radius 2 is 2.07 bits per heavy atom. The van der Waals surface area contributed by atoms with Crippen molar-refractivity contribution in [3.63, 3.8) is 0 Å². The maximum absolute atomic E-state index is 12.2. The van der Waals surface area contributed by atoms with E-state index in [1.54, 1.807) is 0 Å². The van der Waals surface area contributed by atoms with Gasteiger partial charge in [-0.15, -0.1) is 0 Å². The smallest absolute Gasteiger partial charge is 0.227 e. The van der Waals surface area contributed by atoms with Gasteiger partial charge in [0.25, 0.3) is 0 Å². The van der Waals surface area contributed by atoms with E-state index in [0.29, 0.717) is 24.7 Å². The second-order valence-corrected chi connectivity index (χ2v) is 7.58. The first-order chi connectivity index (χ1) is 14.0. The molecule has 1 unspecified atom stereocenters. The molecule has 1 saturated heterocycles. The van der Waals surface area contributed by atoms with Crippen molar-refractivity contribution < 1.29 is 14.1 Å². The van der Waals surface area contributed by atoms with Gasteiger partial charge < -0.3 is 15.6 Å². The number of carbonyl (C=O) groups excluding carboxylic acids is 2. The van der Waals surface area contributed by atoms with Crippen LogP contribution in [0.25, 0.3) is 0 Å². The summed E-state index contributed by atoms with van der Waals surface area (Å²) in [7, 11) is 0. The Balaban J connectivity index is 1.44. The van der Waals surface area contributed by atoms with Crippen LogP contribution in [0.2, 0.25) is 0 Å². The molecule has 0 bridgehead atoms. The lowest BCUT2D eigenvalue weighted by Crippen LogP contribution is -2.40. The number of carbonyl (C=O) groups is 2. The molecule has 3 rings (SSSR count). The van der Waals surface area contributed by atoms with Crippen molar-refractivity contribution in [1.29, 1.82) is 0 Å². The number of amides is 2. The normalized spacial score (nSPS) is 17.2. The summed E-state index contributed by atoms with van der Waals surface area (Å²) in [5.41, 5.74) is 7.34. The number of aryl methyl sites for hydroxylation is 2. The quantitative estimate of drug-likeness (QED) is 0.669. The van der Waals surface area contributed by atoms with E-state index < -0.39 is 0 Å². The Kier molecular flexibility index (Phi) is 7.35.